The molecule has 196 valence electrons. The highest BCUT2D eigenvalue weighted by atomic mass is 32.2. The second kappa shape index (κ2) is 12.2. The van der Waals surface area contributed by atoms with Crippen LogP contribution in [0.5, 0.6) is 5.75 Å². The molecule has 3 aliphatic heterocycles. The third-order valence-electron chi connectivity index (χ3n) is 7.13. The van der Waals surface area contributed by atoms with Crippen molar-refractivity contribution in [2.24, 2.45) is 5.92 Å². The largest absolute Gasteiger partial charge is 0.497 e. The molecule has 3 fully saturated rings. The fourth-order valence-electron chi connectivity index (χ4n) is 5.26. The Kier molecular flexibility index (Phi) is 9.52. The molecule has 2 spiro atoms. The van der Waals surface area contributed by atoms with Crippen molar-refractivity contribution in [3.63, 3.8) is 0 Å². The zero-order chi connectivity index (χ0) is 24.9. The molecule has 2 unspecified atom stereocenters. The highest BCUT2D eigenvalue weighted by molar-refractivity contribution is 8.18. The molecule has 0 bridgehead atoms. The Morgan fingerprint density at radius 1 is 1.17 bits per heavy atom. The standard InChI is InChI=1S/C27H40O6S2/c1-19(20(2)15-28)11-24-14-27(34-9-4-10-35-27)18-26(32-24)13-22(29)12-25(33-26)17-31-16-21-5-7-23(30-3)8-6-21/h5-8,20,22,24-25,28-29H,1,4,9-18H2,2-3H3/t20-,22?,24-,25?,26-/m0/s1. The van der Waals surface area contributed by atoms with Gasteiger partial charge in [-0.25, -0.2) is 0 Å². The van der Waals surface area contributed by atoms with E-state index in [1.807, 2.05) is 54.7 Å². The topological polar surface area (TPSA) is 77.4 Å². The number of rotatable bonds is 9. The molecule has 35 heavy (non-hydrogen) atoms. The molecule has 3 heterocycles. The van der Waals surface area contributed by atoms with Crippen molar-refractivity contribution in [3.8, 4) is 5.75 Å². The molecule has 0 radical (unpaired) electrons. The molecular formula is C27H40O6S2. The van der Waals surface area contributed by atoms with Crippen molar-refractivity contribution in [2.75, 3.05) is 31.8 Å². The van der Waals surface area contributed by atoms with Gasteiger partial charge in [0.2, 0.25) is 0 Å². The fraction of sp³-hybridized carbons (Fsp3) is 0.704. The maximum absolute atomic E-state index is 10.9. The lowest BCUT2D eigenvalue weighted by Gasteiger charge is -2.54. The number of aliphatic hydroxyl groups excluding tert-OH is 2. The maximum Gasteiger partial charge on any atom is 0.173 e. The molecule has 0 aromatic heterocycles. The molecule has 5 atom stereocenters. The average Bonchev–Trinajstić information content (AvgIpc) is 2.83. The van der Waals surface area contributed by atoms with Gasteiger partial charge in [-0.2, -0.15) is 0 Å². The van der Waals surface area contributed by atoms with E-state index in [9.17, 15) is 10.2 Å². The molecule has 0 aliphatic carbocycles. The van der Waals surface area contributed by atoms with Crippen LogP contribution >= 0.6 is 23.5 Å². The Hall–Kier alpha value is -0.740. The van der Waals surface area contributed by atoms with Gasteiger partial charge in [-0.3, -0.25) is 0 Å². The van der Waals surface area contributed by atoms with Crippen LogP contribution < -0.4 is 4.74 Å². The number of benzene rings is 1. The van der Waals surface area contributed by atoms with Gasteiger partial charge >= 0.3 is 0 Å². The van der Waals surface area contributed by atoms with E-state index in [1.165, 1.54) is 6.42 Å². The average molecular weight is 525 g/mol. The SMILES string of the molecule is C=C(C[C@H]1CC2(C[C@@]3(CC(O)CC(COCc4ccc(OC)cc4)O3)O1)SCCCS2)[C@@H](C)CO. The summed E-state index contributed by atoms with van der Waals surface area (Å²) >= 11 is 4.04. The van der Waals surface area contributed by atoms with Gasteiger partial charge in [-0.1, -0.05) is 31.2 Å². The smallest absolute Gasteiger partial charge is 0.173 e. The van der Waals surface area contributed by atoms with Gasteiger partial charge in [0.1, 0.15) is 5.75 Å². The molecule has 2 N–H and O–H groups in total. The second-order valence-electron chi connectivity index (χ2n) is 10.1. The Labute approximate surface area is 218 Å². The summed E-state index contributed by atoms with van der Waals surface area (Å²) in [7, 11) is 1.66. The van der Waals surface area contributed by atoms with Crippen molar-refractivity contribution in [1.29, 1.82) is 0 Å². The number of thioether (sulfide) groups is 2. The van der Waals surface area contributed by atoms with E-state index in [0.29, 0.717) is 32.5 Å². The molecule has 1 aromatic rings. The van der Waals surface area contributed by atoms with Crippen LogP contribution in [0.4, 0.5) is 0 Å². The minimum Gasteiger partial charge on any atom is -0.497 e. The minimum absolute atomic E-state index is 0.0233. The molecule has 0 saturated carbocycles. The van der Waals surface area contributed by atoms with Gasteiger partial charge in [0.15, 0.2) is 5.79 Å². The van der Waals surface area contributed by atoms with Crippen LogP contribution in [0.1, 0.15) is 51.0 Å². The molecule has 8 heteroatoms. The van der Waals surface area contributed by atoms with Crippen LogP contribution in [0.25, 0.3) is 0 Å². The molecule has 0 amide bonds. The molecule has 4 rings (SSSR count). The molecule has 6 nitrogen and oxygen atoms in total. The molecule has 1 aromatic carbocycles. The Bertz CT molecular complexity index is 827. The first kappa shape index (κ1) is 27.3. The van der Waals surface area contributed by atoms with Crippen LogP contribution in [0.15, 0.2) is 36.4 Å². The van der Waals surface area contributed by atoms with E-state index in [-0.39, 0.29) is 28.8 Å². The van der Waals surface area contributed by atoms with Crippen LogP contribution in [0.3, 0.4) is 0 Å². The Balaban J connectivity index is 1.43. The zero-order valence-electron chi connectivity index (χ0n) is 20.9. The van der Waals surface area contributed by atoms with E-state index in [1.54, 1.807) is 7.11 Å². The van der Waals surface area contributed by atoms with Crippen molar-refractivity contribution >= 4 is 23.5 Å². The lowest BCUT2D eigenvalue weighted by atomic mass is 9.88. The Morgan fingerprint density at radius 3 is 2.57 bits per heavy atom. The number of hydrogen-bond acceptors (Lipinski definition) is 8. The van der Waals surface area contributed by atoms with Crippen molar-refractivity contribution in [1.82, 2.24) is 0 Å². The van der Waals surface area contributed by atoms with Gasteiger partial charge in [-0.05, 0) is 54.4 Å². The Morgan fingerprint density at radius 2 is 1.89 bits per heavy atom. The third-order valence-corrected chi connectivity index (χ3v) is 10.5. The number of methoxy groups -OCH3 is 1. The van der Waals surface area contributed by atoms with Gasteiger partial charge < -0.3 is 29.2 Å². The second-order valence-corrected chi connectivity index (χ2v) is 13.4. The summed E-state index contributed by atoms with van der Waals surface area (Å²) in [6, 6.07) is 7.84. The van der Waals surface area contributed by atoms with Crippen LogP contribution in [0.2, 0.25) is 0 Å². The van der Waals surface area contributed by atoms with E-state index in [4.69, 9.17) is 18.9 Å². The predicted molar refractivity (Wildman–Crippen MR) is 142 cm³/mol. The van der Waals surface area contributed by atoms with Crippen LogP contribution in [-0.2, 0) is 20.8 Å². The number of aliphatic hydroxyl groups is 2. The summed E-state index contributed by atoms with van der Waals surface area (Å²) in [4.78, 5) is 0. The monoisotopic (exact) mass is 524 g/mol. The predicted octanol–water partition coefficient (Wildman–Crippen LogP) is 4.77. The molecule has 3 saturated heterocycles. The highest BCUT2D eigenvalue weighted by Crippen LogP contribution is 2.57. The summed E-state index contributed by atoms with van der Waals surface area (Å²) < 4.78 is 24.6. The quantitative estimate of drug-likeness (QED) is 0.448. The first-order chi connectivity index (χ1) is 16.8. The molecular weight excluding hydrogens is 484 g/mol. The summed E-state index contributed by atoms with van der Waals surface area (Å²) in [5.74, 6) is 2.31. The zero-order valence-corrected chi connectivity index (χ0v) is 22.6. The first-order valence-corrected chi connectivity index (χ1v) is 14.6. The van der Waals surface area contributed by atoms with E-state index in [2.05, 4.69) is 6.58 Å². The van der Waals surface area contributed by atoms with Crippen molar-refractivity contribution in [3.05, 3.63) is 42.0 Å². The highest BCUT2D eigenvalue weighted by Gasteiger charge is 2.54. The van der Waals surface area contributed by atoms with E-state index < -0.39 is 11.9 Å². The van der Waals surface area contributed by atoms with Crippen LogP contribution in [-0.4, -0.2) is 70.2 Å². The third kappa shape index (κ3) is 7.18. The number of ether oxygens (including phenoxy) is 4. The summed E-state index contributed by atoms with van der Waals surface area (Å²) in [5.41, 5.74) is 2.07. The van der Waals surface area contributed by atoms with Crippen molar-refractivity contribution in [2.45, 2.75) is 80.2 Å². The lowest BCUT2D eigenvalue weighted by molar-refractivity contribution is -0.331. The van der Waals surface area contributed by atoms with Gasteiger partial charge in [0.25, 0.3) is 0 Å². The summed E-state index contributed by atoms with van der Waals surface area (Å²) in [6.07, 6.45) is 3.86. The van der Waals surface area contributed by atoms with Crippen LogP contribution in [0, 0.1) is 5.92 Å². The van der Waals surface area contributed by atoms with Gasteiger partial charge in [-0.15, -0.1) is 23.5 Å². The summed E-state index contributed by atoms with van der Waals surface area (Å²) in [5, 5.41) is 20.5. The van der Waals surface area contributed by atoms with Gasteiger partial charge in [0, 0.05) is 25.9 Å². The van der Waals surface area contributed by atoms with Crippen molar-refractivity contribution < 1.29 is 29.2 Å². The first-order valence-electron chi connectivity index (χ1n) is 12.6. The molecule has 3 aliphatic rings. The van der Waals surface area contributed by atoms with E-state index in [0.717, 1.165) is 41.2 Å². The summed E-state index contributed by atoms with van der Waals surface area (Å²) in [6.45, 7) is 7.19. The number of hydrogen-bond donors (Lipinski definition) is 2. The lowest BCUT2D eigenvalue weighted by Crippen LogP contribution is -2.58. The fourth-order valence-corrected chi connectivity index (χ4v) is 8.85. The minimum atomic E-state index is -0.825. The van der Waals surface area contributed by atoms with Gasteiger partial charge in [0.05, 0.1) is 42.7 Å². The maximum atomic E-state index is 10.9. The normalized spacial score (nSPS) is 31.4. The van der Waals surface area contributed by atoms with E-state index >= 15 is 0 Å².